The van der Waals surface area contributed by atoms with Crippen molar-refractivity contribution >= 4 is 29.1 Å². The summed E-state index contributed by atoms with van der Waals surface area (Å²) in [5.41, 5.74) is 1.37. The quantitative estimate of drug-likeness (QED) is 0.877. The van der Waals surface area contributed by atoms with Gasteiger partial charge in [-0.2, -0.15) is 5.10 Å². The molecule has 1 atom stereocenters. The highest BCUT2D eigenvalue weighted by Crippen LogP contribution is 2.27. The van der Waals surface area contributed by atoms with Crippen molar-refractivity contribution < 1.29 is 9.53 Å². The number of ether oxygens (including phenoxy) is 1. The van der Waals surface area contributed by atoms with Crippen LogP contribution in [0.2, 0.25) is 10.0 Å². The highest BCUT2D eigenvalue weighted by Gasteiger charge is 2.18. The number of methoxy groups -OCH3 is 1. The predicted octanol–water partition coefficient (Wildman–Crippen LogP) is 3.23. The van der Waals surface area contributed by atoms with Crippen LogP contribution in [0.1, 0.15) is 28.5 Å². The van der Waals surface area contributed by atoms with Gasteiger partial charge in [-0.05, 0) is 30.2 Å². The van der Waals surface area contributed by atoms with Gasteiger partial charge in [0.05, 0.1) is 16.1 Å². The van der Waals surface area contributed by atoms with Crippen molar-refractivity contribution in [1.29, 1.82) is 0 Å². The van der Waals surface area contributed by atoms with Gasteiger partial charge >= 0.3 is 0 Å². The number of benzene rings is 1. The summed E-state index contributed by atoms with van der Waals surface area (Å²) in [4.78, 5) is 12.4. The van der Waals surface area contributed by atoms with Crippen molar-refractivity contribution in [3.8, 4) is 0 Å². The van der Waals surface area contributed by atoms with E-state index in [1.165, 1.54) is 4.68 Å². The van der Waals surface area contributed by atoms with Crippen LogP contribution in [-0.4, -0.2) is 29.4 Å². The van der Waals surface area contributed by atoms with E-state index in [0.717, 1.165) is 5.56 Å². The summed E-state index contributed by atoms with van der Waals surface area (Å²) in [7, 11) is 3.34. The third kappa shape index (κ3) is 4.00. The number of rotatable bonds is 6. The van der Waals surface area contributed by atoms with Gasteiger partial charge in [0.25, 0.3) is 5.91 Å². The molecule has 7 heteroatoms. The van der Waals surface area contributed by atoms with Crippen LogP contribution in [0.3, 0.4) is 0 Å². The van der Waals surface area contributed by atoms with Gasteiger partial charge in [0.2, 0.25) is 0 Å². The number of carbonyl (C=O) groups excluding carboxylic acids is 1. The molecule has 1 aromatic heterocycles. The Kier molecular flexibility index (Phi) is 5.83. The second-order valence-electron chi connectivity index (χ2n) is 4.82. The van der Waals surface area contributed by atoms with E-state index >= 15 is 0 Å². The molecule has 0 saturated heterocycles. The van der Waals surface area contributed by atoms with E-state index in [4.69, 9.17) is 27.9 Å². The van der Waals surface area contributed by atoms with Crippen LogP contribution in [0.4, 0.5) is 0 Å². The molecule has 0 aliphatic heterocycles. The Bertz CT molecular complexity index is 658. The number of nitrogens with one attached hydrogen (secondary N) is 1. The zero-order valence-electron chi connectivity index (χ0n) is 12.3. The number of carbonyl (C=O) groups is 1. The van der Waals surface area contributed by atoms with Crippen LogP contribution >= 0.6 is 23.2 Å². The first-order valence-electron chi connectivity index (χ1n) is 6.75. The SMILES string of the molecule is COCC[C@@H](NC(=O)c1ccnn1C)c1ccc(Cl)c(Cl)c1. The summed E-state index contributed by atoms with van der Waals surface area (Å²) in [6.45, 7) is 0.510. The van der Waals surface area contributed by atoms with Gasteiger partial charge in [0.1, 0.15) is 5.69 Å². The molecule has 2 rings (SSSR count). The number of amides is 1. The Morgan fingerprint density at radius 1 is 1.36 bits per heavy atom. The van der Waals surface area contributed by atoms with Crippen molar-refractivity contribution in [3.63, 3.8) is 0 Å². The number of nitrogens with zero attached hydrogens (tertiary/aromatic N) is 2. The minimum Gasteiger partial charge on any atom is -0.385 e. The second-order valence-corrected chi connectivity index (χ2v) is 5.64. The van der Waals surface area contributed by atoms with Gasteiger partial charge in [-0.3, -0.25) is 9.48 Å². The molecule has 2 aromatic rings. The minimum absolute atomic E-state index is 0.202. The Labute approximate surface area is 139 Å². The largest absolute Gasteiger partial charge is 0.385 e. The summed E-state index contributed by atoms with van der Waals surface area (Å²) in [6.07, 6.45) is 2.20. The minimum atomic E-state index is -0.225. The van der Waals surface area contributed by atoms with Crippen LogP contribution in [0.5, 0.6) is 0 Å². The van der Waals surface area contributed by atoms with Crippen molar-refractivity contribution in [2.45, 2.75) is 12.5 Å². The normalized spacial score (nSPS) is 12.2. The fraction of sp³-hybridized carbons (Fsp3) is 0.333. The number of hydrogen-bond donors (Lipinski definition) is 1. The Hall–Kier alpha value is -1.56. The molecule has 0 aliphatic carbocycles. The van der Waals surface area contributed by atoms with Crippen molar-refractivity contribution in [2.75, 3.05) is 13.7 Å². The lowest BCUT2D eigenvalue weighted by Crippen LogP contribution is -2.30. The standard InChI is InChI=1S/C15H17Cl2N3O2/c1-20-14(5-7-18-20)15(21)19-13(6-8-22-2)10-3-4-11(16)12(17)9-10/h3-5,7,9,13H,6,8H2,1-2H3,(H,19,21)/t13-/m1/s1. The molecular weight excluding hydrogens is 325 g/mol. The fourth-order valence-corrected chi connectivity index (χ4v) is 2.42. The first-order chi connectivity index (χ1) is 10.5. The van der Waals surface area contributed by atoms with Crippen LogP contribution in [0.15, 0.2) is 30.5 Å². The molecule has 0 aliphatic rings. The molecule has 22 heavy (non-hydrogen) atoms. The summed E-state index contributed by atoms with van der Waals surface area (Å²) >= 11 is 12.0. The summed E-state index contributed by atoms with van der Waals surface area (Å²) in [6, 6.07) is 6.76. The molecule has 1 N–H and O–H groups in total. The third-order valence-electron chi connectivity index (χ3n) is 3.32. The first kappa shape index (κ1) is 16.8. The molecule has 1 heterocycles. The van der Waals surface area contributed by atoms with E-state index in [9.17, 15) is 4.79 Å². The lowest BCUT2D eigenvalue weighted by Gasteiger charge is -2.19. The van der Waals surface area contributed by atoms with Gasteiger partial charge in [0, 0.05) is 27.0 Å². The highest BCUT2D eigenvalue weighted by atomic mass is 35.5. The lowest BCUT2D eigenvalue weighted by atomic mass is 10.0. The molecule has 0 radical (unpaired) electrons. The average molecular weight is 342 g/mol. The van der Waals surface area contributed by atoms with E-state index in [0.29, 0.717) is 28.8 Å². The van der Waals surface area contributed by atoms with Crippen LogP contribution in [0.25, 0.3) is 0 Å². The molecule has 1 amide bonds. The van der Waals surface area contributed by atoms with Gasteiger partial charge in [-0.15, -0.1) is 0 Å². The van der Waals surface area contributed by atoms with E-state index in [2.05, 4.69) is 10.4 Å². The van der Waals surface area contributed by atoms with Gasteiger partial charge in [-0.1, -0.05) is 29.3 Å². The van der Waals surface area contributed by atoms with Crippen LogP contribution in [0, 0.1) is 0 Å². The number of halogens is 2. The number of aromatic nitrogens is 2. The van der Waals surface area contributed by atoms with E-state index in [1.807, 2.05) is 6.07 Å². The number of aryl methyl sites for hydroxylation is 1. The molecule has 118 valence electrons. The Morgan fingerprint density at radius 3 is 2.73 bits per heavy atom. The fourth-order valence-electron chi connectivity index (χ4n) is 2.12. The highest BCUT2D eigenvalue weighted by molar-refractivity contribution is 6.42. The van der Waals surface area contributed by atoms with Crippen molar-refractivity contribution in [1.82, 2.24) is 15.1 Å². The third-order valence-corrected chi connectivity index (χ3v) is 4.05. The Morgan fingerprint density at radius 2 is 2.14 bits per heavy atom. The average Bonchev–Trinajstić information content (AvgIpc) is 2.92. The second kappa shape index (κ2) is 7.63. The molecule has 0 spiro atoms. The van der Waals surface area contributed by atoms with E-state index < -0.39 is 0 Å². The maximum atomic E-state index is 12.4. The summed E-state index contributed by atoms with van der Waals surface area (Å²) in [5, 5.41) is 7.91. The van der Waals surface area contributed by atoms with Gasteiger partial charge in [-0.25, -0.2) is 0 Å². The van der Waals surface area contributed by atoms with E-state index in [-0.39, 0.29) is 11.9 Å². The Balaban J connectivity index is 2.20. The summed E-state index contributed by atoms with van der Waals surface area (Å²) < 4.78 is 6.64. The van der Waals surface area contributed by atoms with Crippen LogP contribution in [-0.2, 0) is 11.8 Å². The lowest BCUT2D eigenvalue weighted by molar-refractivity contribution is 0.0915. The van der Waals surface area contributed by atoms with E-state index in [1.54, 1.807) is 38.6 Å². The topological polar surface area (TPSA) is 56.1 Å². The smallest absolute Gasteiger partial charge is 0.270 e. The predicted molar refractivity (Wildman–Crippen MR) is 86.4 cm³/mol. The summed E-state index contributed by atoms with van der Waals surface area (Å²) in [5.74, 6) is -0.202. The van der Waals surface area contributed by atoms with Gasteiger partial charge < -0.3 is 10.1 Å². The molecule has 0 fully saturated rings. The molecule has 0 saturated carbocycles. The van der Waals surface area contributed by atoms with Crippen molar-refractivity contribution in [2.24, 2.45) is 7.05 Å². The molecule has 0 unspecified atom stereocenters. The van der Waals surface area contributed by atoms with Crippen LogP contribution < -0.4 is 5.32 Å². The zero-order chi connectivity index (χ0) is 16.1. The maximum Gasteiger partial charge on any atom is 0.270 e. The maximum absolute atomic E-state index is 12.4. The molecule has 1 aromatic carbocycles. The molecule has 5 nitrogen and oxygen atoms in total. The first-order valence-corrected chi connectivity index (χ1v) is 7.51. The van der Waals surface area contributed by atoms with Gasteiger partial charge in [0.15, 0.2) is 0 Å². The van der Waals surface area contributed by atoms with Crippen molar-refractivity contribution in [3.05, 3.63) is 51.8 Å². The number of hydrogen-bond acceptors (Lipinski definition) is 3. The molecule has 0 bridgehead atoms. The zero-order valence-corrected chi connectivity index (χ0v) is 13.9. The monoisotopic (exact) mass is 341 g/mol. The molecular formula is C15H17Cl2N3O2.